The van der Waals surface area contributed by atoms with Gasteiger partial charge in [0.1, 0.15) is 11.8 Å². The number of anilines is 1. The van der Waals surface area contributed by atoms with Gasteiger partial charge in [-0.2, -0.15) is 19.1 Å². The molecular weight excluding hydrogens is 368 g/mol. The number of nitrogens with zero attached hydrogens (tertiary/aromatic N) is 4. The Kier molecular flexibility index (Phi) is 5.59. The number of aromatic nitrogens is 3. The second kappa shape index (κ2) is 8.08. The summed E-state index contributed by atoms with van der Waals surface area (Å²) in [5, 5.41) is 17.6. The summed E-state index contributed by atoms with van der Waals surface area (Å²) < 4.78 is 36.7. The summed E-state index contributed by atoms with van der Waals surface area (Å²) in [7, 11) is 3.36. The Balaban J connectivity index is 2.03. The van der Waals surface area contributed by atoms with Crippen LogP contribution in [0.1, 0.15) is 23.7 Å². The van der Waals surface area contributed by atoms with Crippen LogP contribution in [0.15, 0.2) is 24.4 Å². The first-order chi connectivity index (χ1) is 13.5. The molecule has 28 heavy (non-hydrogen) atoms. The van der Waals surface area contributed by atoms with Crippen LogP contribution in [0.4, 0.5) is 14.5 Å². The molecule has 0 atom stereocenters. The lowest BCUT2D eigenvalue weighted by Gasteiger charge is -2.13. The summed E-state index contributed by atoms with van der Waals surface area (Å²) in [4.78, 5) is 4.21. The zero-order valence-corrected chi connectivity index (χ0v) is 15.7. The molecule has 146 valence electrons. The molecule has 9 heteroatoms. The van der Waals surface area contributed by atoms with Crippen LogP contribution in [0, 0.1) is 11.3 Å². The third-order valence-electron chi connectivity index (χ3n) is 4.33. The third kappa shape index (κ3) is 3.67. The number of alkyl halides is 2. The molecule has 0 radical (unpaired) electrons. The van der Waals surface area contributed by atoms with Gasteiger partial charge in [-0.1, -0.05) is 6.92 Å². The molecule has 1 aromatic carbocycles. The molecule has 0 unspecified atom stereocenters. The fraction of sp³-hybridized carbons (Fsp3) is 0.316. The van der Waals surface area contributed by atoms with Gasteiger partial charge in [-0.3, -0.25) is 4.98 Å². The maximum Gasteiger partial charge on any atom is 0.387 e. The lowest BCUT2D eigenvalue weighted by molar-refractivity contribution is -0.0497. The third-order valence-corrected chi connectivity index (χ3v) is 4.33. The Morgan fingerprint density at radius 2 is 2.14 bits per heavy atom. The van der Waals surface area contributed by atoms with Crippen molar-refractivity contribution in [2.24, 2.45) is 7.05 Å². The van der Waals surface area contributed by atoms with Gasteiger partial charge in [-0.05, 0) is 24.6 Å². The molecule has 0 spiro atoms. The zero-order chi connectivity index (χ0) is 20.3. The van der Waals surface area contributed by atoms with E-state index in [-0.39, 0.29) is 5.75 Å². The number of pyridine rings is 1. The number of nitrogens with one attached hydrogen (secondary N) is 1. The lowest BCUT2D eigenvalue weighted by Crippen LogP contribution is -2.06. The van der Waals surface area contributed by atoms with E-state index in [2.05, 4.69) is 26.2 Å². The molecule has 0 aliphatic heterocycles. The van der Waals surface area contributed by atoms with Crippen molar-refractivity contribution in [2.75, 3.05) is 12.4 Å². The van der Waals surface area contributed by atoms with Crippen LogP contribution < -0.4 is 14.8 Å². The number of fused-ring (bicyclic) bond motifs is 1. The van der Waals surface area contributed by atoms with Crippen molar-refractivity contribution in [3.63, 3.8) is 0 Å². The first kappa shape index (κ1) is 19.4. The minimum atomic E-state index is -2.94. The van der Waals surface area contributed by atoms with Crippen molar-refractivity contribution in [3.8, 4) is 17.7 Å². The van der Waals surface area contributed by atoms with Crippen LogP contribution in [0.2, 0.25) is 0 Å². The smallest absolute Gasteiger partial charge is 0.387 e. The number of methoxy groups -OCH3 is 1. The van der Waals surface area contributed by atoms with E-state index in [9.17, 15) is 14.0 Å². The van der Waals surface area contributed by atoms with Crippen LogP contribution in [-0.2, 0) is 20.0 Å². The number of rotatable bonds is 7. The fourth-order valence-corrected chi connectivity index (χ4v) is 3.12. The summed E-state index contributed by atoms with van der Waals surface area (Å²) in [6.07, 6.45) is 2.16. The fourth-order valence-electron chi connectivity index (χ4n) is 3.12. The summed E-state index contributed by atoms with van der Waals surface area (Å²) in [5.74, 6) is 0.610. The molecule has 0 aliphatic rings. The van der Waals surface area contributed by atoms with Crippen LogP contribution in [0.3, 0.4) is 0 Å². The number of halogens is 2. The van der Waals surface area contributed by atoms with Gasteiger partial charge in [-0.15, -0.1) is 0 Å². The van der Waals surface area contributed by atoms with Crippen LogP contribution in [0.25, 0.3) is 10.9 Å². The van der Waals surface area contributed by atoms with Gasteiger partial charge in [0.2, 0.25) is 5.88 Å². The maximum atomic E-state index is 12.6. The number of hydrogen-bond donors (Lipinski definition) is 1. The van der Waals surface area contributed by atoms with Crippen molar-refractivity contribution in [3.05, 3.63) is 41.2 Å². The number of benzene rings is 1. The zero-order valence-electron chi connectivity index (χ0n) is 15.7. The minimum absolute atomic E-state index is 0.00403. The minimum Gasteiger partial charge on any atom is -0.481 e. The molecule has 0 fully saturated rings. The van der Waals surface area contributed by atoms with Gasteiger partial charge in [0.25, 0.3) is 0 Å². The predicted molar refractivity (Wildman–Crippen MR) is 99.6 cm³/mol. The lowest BCUT2D eigenvalue weighted by atomic mass is 10.1. The van der Waals surface area contributed by atoms with Gasteiger partial charge in [-0.25, -0.2) is 4.68 Å². The first-order valence-corrected chi connectivity index (χ1v) is 8.58. The van der Waals surface area contributed by atoms with Gasteiger partial charge < -0.3 is 14.8 Å². The normalized spacial score (nSPS) is 10.9. The Hall–Kier alpha value is -3.41. The van der Waals surface area contributed by atoms with Gasteiger partial charge in [0.05, 0.1) is 35.1 Å². The Labute approximate surface area is 160 Å². The summed E-state index contributed by atoms with van der Waals surface area (Å²) in [6.45, 7) is -0.608. The van der Waals surface area contributed by atoms with E-state index in [1.165, 1.54) is 18.3 Å². The van der Waals surface area contributed by atoms with Crippen molar-refractivity contribution >= 4 is 16.6 Å². The molecule has 0 amide bonds. The molecule has 7 nitrogen and oxygen atoms in total. The molecule has 0 aliphatic carbocycles. The number of ether oxygens (including phenoxy) is 2. The number of aryl methyl sites for hydroxylation is 2. The predicted octanol–water partition coefficient (Wildman–Crippen LogP) is 3.62. The number of nitriles is 1. The van der Waals surface area contributed by atoms with E-state index >= 15 is 0 Å². The maximum absolute atomic E-state index is 12.6. The van der Waals surface area contributed by atoms with Crippen LogP contribution in [0.5, 0.6) is 11.6 Å². The summed E-state index contributed by atoms with van der Waals surface area (Å²) in [5.41, 5.74) is 3.06. The Morgan fingerprint density at radius 3 is 2.79 bits per heavy atom. The molecule has 2 heterocycles. The second-order valence-electron chi connectivity index (χ2n) is 5.98. The highest BCUT2D eigenvalue weighted by molar-refractivity contribution is 5.94. The standard InChI is InChI=1S/C19H19F2N5O2/c1-4-15-14(18(27-3)26(2)25-15)10-24-17-11(8-22)9-23-16-6-5-12(7-13(16)17)28-19(20)21/h5-7,9,19H,4,10H2,1-3H3,(H,23,24). The molecule has 3 aromatic rings. The van der Waals surface area contributed by atoms with Crippen LogP contribution >= 0.6 is 0 Å². The average molecular weight is 387 g/mol. The highest BCUT2D eigenvalue weighted by atomic mass is 19.3. The van der Waals surface area contributed by atoms with Gasteiger partial charge >= 0.3 is 6.61 Å². The van der Waals surface area contributed by atoms with Crippen molar-refractivity contribution in [1.29, 1.82) is 5.26 Å². The van der Waals surface area contributed by atoms with E-state index < -0.39 is 6.61 Å². The molecule has 2 aromatic heterocycles. The molecule has 3 rings (SSSR count). The van der Waals surface area contributed by atoms with Crippen molar-refractivity contribution < 1.29 is 18.3 Å². The number of hydrogen-bond acceptors (Lipinski definition) is 6. The molecule has 0 bridgehead atoms. The van der Waals surface area contributed by atoms with E-state index in [1.54, 1.807) is 24.9 Å². The largest absolute Gasteiger partial charge is 0.481 e. The first-order valence-electron chi connectivity index (χ1n) is 8.58. The Bertz CT molecular complexity index is 1040. The molecule has 0 saturated carbocycles. The highest BCUT2D eigenvalue weighted by Crippen LogP contribution is 2.31. The van der Waals surface area contributed by atoms with Crippen molar-refractivity contribution in [1.82, 2.24) is 14.8 Å². The second-order valence-corrected chi connectivity index (χ2v) is 5.98. The van der Waals surface area contributed by atoms with Gasteiger partial charge in [0, 0.05) is 25.2 Å². The highest BCUT2D eigenvalue weighted by Gasteiger charge is 2.17. The van der Waals surface area contributed by atoms with Crippen LogP contribution in [-0.4, -0.2) is 28.5 Å². The van der Waals surface area contributed by atoms with Gasteiger partial charge in [0.15, 0.2) is 0 Å². The van der Waals surface area contributed by atoms with E-state index in [1.807, 2.05) is 6.92 Å². The van der Waals surface area contributed by atoms with Crippen molar-refractivity contribution in [2.45, 2.75) is 26.5 Å². The van der Waals surface area contributed by atoms with E-state index in [0.717, 1.165) is 11.3 Å². The Morgan fingerprint density at radius 1 is 1.36 bits per heavy atom. The quantitative estimate of drug-likeness (QED) is 0.666. The average Bonchev–Trinajstić information content (AvgIpc) is 2.99. The summed E-state index contributed by atoms with van der Waals surface area (Å²) in [6, 6.07) is 6.51. The monoisotopic (exact) mass is 387 g/mol. The molecule has 1 N–H and O–H groups in total. The molecule has 0 saturated heterocycles. The van der Waals surface area contributed by atoms with E-state index in [4.69, 9.17) is 4.74 Å². The topological polar surface area (TPSA) is 85.0 Å². The SMILES string of the molecule is CCc1nn(C)c(OC)c1CNc1c(C#N)cnc2ccc(OC(F)F)cc12. The summed E-state index contributed by atoms with van der Waals surface area (Å²) >= 11 is 0. The van der Waals surface area contributed by atoms with E-state index in [0.29, 0.717) is 41.0 Å². The molecular formula is C19H19F2N5O2.